The van der Waals surface area contributed by atoms with Crippen molar-refractivity contribution in [3.63, 3.8) is 0 Å². The van der Waals surface area contributed by atoms with Crippen LogP contribution in [-0.2, 0) is 19.1 Å². The molecule has 146 valence electrons. The maximum absolute atomic E-state index is 12.4. The Morgan fingerprint density at radius 3 is 2.32 bits per heavy atom. The van der Waals surface area contributed by atoms with Gasteiger partial charge in [0.15, 0.2) is 23.9 Å². The Bertz CT molecular complexity index is 849. The lowest BCUT2D eigenvalue weighted by molar-refractivity contribution is -0.152. The molecule has 1 aromatic carbocycles. The highest BCUT2D eigenvalue weighted by molar-refractivity contribution is 6.07. The van der Waals surface area contributed by atoms with Gasteiger partial charge in [0.2, 0.25) is 11.8 Å². The van der Waals surface area contributed by atoms with E-state index in [4.69, 9.17) is 14.2 Å². The van der Waals surface area contributed by atoms with Crippen LogP contribution >= 0.6 is 0 Å². The highest BCUT2D eigenvalue weighted by Crippen LogP contribution is 2.35. The maximum atomic E-state index is 12.4. The van der Waals surface area contributed by atoms with Gasteiger partial charge in [0, 0.05) is 5.56 Å². The molecule has 2 heterocycles. The number of Topliss-reactive ketones (excluding diaryl/α,β-unsaturated/α-hetero) is 1. The Labute approximate surface area is 161 Å². The van der Waals surface area contributed by atoms with E-state index in [1.807, 2.05) is 12.2 Å². The number of esters is 1. The molecule has 0 saturated carbocycles. The zero-order chi connectivity index (χ0) is 19.7. The monoisotopic (exact) mass is 385 g/mol. The number of hydrogen-bond donors (Lipinski definition) is 0. The quantitative estimate of drug-likeness (QED) is 0.324. The third-order valence-electron chi connectivity index (χ3n) is 5.11. The molecule has 28 heavy (non-hydrogen) atoms. The molecule has 0 N–H and O–H groups in total. The summed E-state index contributed by atoms with van der Waals surface area (Å²) in [6, 6.07) is 4.73. The molecule has 3 aliphatic rings. The van der Waals surface area contributed by atoms with Crippen molar-refractivity contribution in [2.24, 2.45) is 11.8 Å². The second kappa shape index (κ2) is 7.46. The number of nitrogens with zero attached hydrogens (tertiary/aromatic N) is 1. The lowest BCUT2D eigenvalue weighted by Gasteiger charge is -2.18. The summed E-state index contributed by atoms with van der Waals surface area (Å²) in [5.74, 6) is -1.69. The van der Waals surface area contributed by atoms with E-state index in [1.165, 1.54) is 6.07 Å². The van der Waals surface area contributed by atoms with Gasteiger partial charge in [-0.25, -0.2) is 0 Å². The van der Waals surface area contributed by atoms with Crippen LogP contribution in [0.5, 0.6) is 11.5 Å². The molecule has 2 amide bonds. The molecule has 8 heteroatoms. The number of ether oxygens (including phenoxy) is 3. The highest BCUT2D eigenvalue weighted by atomic mass is 16.6. The van der Waals surface area contributed by atoms with E-state index in [-0.39, 0.29) is 11.8 Å². The van der Waals surface area contributed by atoms with Crippen LogP contribution in [0.3, 0.4) is 0 Å². The number of amides is 2. The number of hydrogen-bond acceptors (Lipinski definition) is 7. The normalized spacial score (nSPS) is 22.8. The van der Waals surface area contributed by atoms with Crippen molar-refractivity contribution in [1.29, 1.82) is 0 Å². The van der Waals surface area contributed by atoms with Crippen molar-refractivity contribution in [2.75, 3.05) is 26.4 Å². The second-order valence-electron chi connectivity index (χ2n) is 6.86. The summed E-state index contributed by atoms with van der Waals surface area (Å²) in [7, 11) is 0. The average Bonchev–Trinajstić information content (AvgIpc) is 2.97. The molecule has 1 saturated heterocycles. The highest BCUT2D eigenvalue weighted by Gasteiger charge is 2.47. The number of carbonyl (C=O) groups excluding carboxylic acids is 4. The van der Waals surface area contributed by atoms with Crippen molar-refractivity contribution in [2.45, 2.75) is 12.8 Å². The molecule has 0 spiro atoms. The number of rotatable bonds is 5. The first-order chi connectivity index (χ1) is 13.5. The van der Waals surface area contributed by atoms with Crippen molar-refractivity contribution in [3.8, 4) is 11.5 Å². The molecule has 0 aromatic heterocycles. The third kappa shape index (κ3) is 3.37. The van der Waals surface area contributed by atoms with Crippen LogP contribution in [0.2, 0.25) is 0 Å². The second-order valence-corrected chi connectivity index (χ2v) is 6.86. The van der Waals surface area contributed by atoms with Gasteiger partial charge in [-0.15, -0.1) is 0 Å². The minimum absolute atomic E-state index is 0.322. The van der Waals surface area contributed by atoms with E-state index >= 15 is 0 Å². The van der Waals surface area contributed by atoms with Gasteiger partial charge < -0.3 is 14.2 Å². The maximum Gasteiger partial charge on any atom is 0.326 e. The van der Waals surface area contributed by atoms with Crippen LogP contribution < -0.4 is 9.47 Å². The Hall–Kier alpha value is -3.16. The third-order valence-corrected chi connectivity index (χ3v) is 5.11. The van der Waals surface area contributed by atoms with E-state index in [0.717, 1.165) is 4.90 Å². The van der Waals surface area contributed by atoms with Gasteiger partial charge in [-0.05, 0) is 31.0 Å². The minimum Gasteiger partial charge on any atom is -0.486 e. The van der Waals surface area contributed by atoms with Crippen molar-refractivity contribution in [1.82, 2.24) is 4.90 Å². The minimum atomic E-state index is -0.792. The van der Waals surface area contributed by atoms with Gasteiger partial charge >= 0.3 is 5.97 Å². The van der Waals surface area contributed by atoms with Gasteiger partial charge in [0.25, 0.3) is 0 Å². The fraction of sp³-hybridized carbons (Fsp3) is 0.400. The number of allylic oxidation sites excluding steroid dienone is 2. The molecule has 8 nitrogen and oxygen atoms in total. The average molecular weight is 385 g/mol. The number of likely N-dealkylation sites (tertiary alicyclic amines) is 1. The van der Waals surface area contributed by atoms with Gasteiger partial charge in [0.05, 0.1) is 11.8 Å². The van der Waals surface area contributed by atoms with E-state index in [9.17, 15) is 19.2 Å². The van der Waals surface area contributed by atoms with Crippen LogP contribution in [0.25, 0.3) is 0 Å². The largest absolute Gasteiger partial charge is 0.486 e. The molecule has 1 fully saturated rings. The zero-order valence-electron chi connectivity index (χ0n) is 15.1. The number of carbonyl (C=O) groups is 4. The first kappa shape index (κ1) is 18.2. The van der Waals surface area contributed by atoms with E-state index in [0.29, 0.717) is 43.1 Å². The standard InChI is InChI=1S/C20H19NO7/c22-15(12-5-6-16-17(9-12)27-8-7-26-16)11-28-18(23)10-21-19(24)13-3-1-2-4-14(13)20(21)25/h1-2,5-6,9,13-14H,3-4,7-8,10-11H2/t13-,14-/m0/s1. The Morgan fingerprint density at radius 2 is 1.64 bits per heavy atom. The molecule has 0 radical (unpaired) electrons. The van der Waals surface area contributed by atoms with Gasteiger partial charge in [0.1, 0.15) is 19.8 Å². The van der Waals surface area contributed by atoms with E-state index in [2.05, 4.69) is 0 Å². The topological polar surface area (TPSA) is 99.2 Å². The summed E-state index contributed by atoms with van der Waals surface area (Å²) in [5.41, 5.74) is 0.322. The van der Waals surface area contributed by atoms with Crippen LogP contribution in [0.1, 0.15) is 23.2 Å². The molecule has 4 rings (SSSR count). The number of fused-ring (bicyclic) bond motifs is 2. The summed E-state index contributed by atoms with van der Waals surface area (Å²) in [6.07, 6.45) is 4.76. The first-order valence-corrected chi connectivity index (χ1v) is 9.13. The molecular formula is C20H19NO7. The Balaban J connectivity index is 1.33. The number of imide groups is 1. The van der Waals surface area contributed by atoms with Crippen LogP contribution in [0, 0.1) is 11.8 Å². The number of ketones is 1. The van der Waals surface area contributed by atoms with Crippen molar-refractivity contribution >= 4 is 23.6 Å². The Kier molecular flexibility index (Phi) is 4.85. The van der Waals surface area contributed by atoms with Gasteiger partial charge in [-0.1, -0.05) is 12.2 Å². The Morgan fingerprint density at radius 1 is 1.00 bits per heavy atom. The first-order valence-electron chi connectivity index (χ1n) is 9.13. The summed E-state index contributed by atoms with van der Waals surface area (Å²) >= 11 is 0. The summed E-state index contributed by atoms with van der Waals surface area (Å²) in [5, 5.41) is 0. The summed E-state index contributed by atoms with van der Waals surface area (Å²) in [4.78, 5) is 50.0. The number of benzene rings is 1. The van der Waals surface area contributed by atoms with Gasteiger partial charge in [-0.3, -0.25) is 24.1 Å². The molecule has 2 atom stereocenters. The predicted molar refractivity (Wildman–Crippen MR) is 94.8 cm³/mol. The fourth-order valence-electron chi connectivity index (χ4n) is 3.65. The summed E-state index contributed by atoms with van der Waals surface area (Å²) < 4.78 is 15.8. The van der Waals surface area contributed by atoms with Crippen LogP contribution in [0.15, 0.2) is 30.4 Å². The van der Waals surface area contributed by atoms with Gasteiger partial charge in [-0.2, -0.15) is 0 Å². The molecule has 0 bridgehead atoms. The zero-order valence-corrected chi connectivity index (χ0v) is 15.1. The van der Waals surface area contributed by atoms with E-state index in [1.54, 1.807) is 12.1 Å². The summed E-state index contributed by atoms with van der Waals surface area (Å²) in [6.45, 7) is -0.110. The molecule has 0 unspecified atom stereocenters. The predicted octanol–water partition coefficient (Wildman–Crippen LogP) is 1.13. The van der Waals surface area contributed by atoms with E-state index < -0.39 is 36.7 Å². The molecule has 1 aliphatic carbocycles. The SMILES string of the molecule is O=C(CN1C(=O)[C@H]2CC=CC[C@@H]2C1=O)OCC(=O)c1ccc2c(c1)OCCO2. The van der Waals surface area contributed by atoms with Crippen molar-refractivity contribution in [3.05, 3.63) is 35.9 Å². The lowest BCUT2D eigenvalue weighted by atomic mass is 9.85. The smallest absolute Gasteiger partial charge is 0.326 e. The molecule has 1 aromatic rings. The molecule has 2 aliphatic heterocycles. The van der Waals surface area contributed by atoms with Crippen molar-refractivity contribution < 1.29 is 33.4 Å². The molecular weight excluding hydrogens is 366 g/mol. The van der Waals surface area contributed by atoms with Crippen LogP contribution in [0.4, 0.5) is 0 Å². The fourth-order valence-corrected chi connectivity index (χ4v) is 3.65. The lowest BCUT2D eigenvalue weighted by Crippen LogP contribution is -2.37. The van der Waals surface area contributed by atoms with Crippen LogP contribution in [-0.4, -0.2) is 54.8 Å².